The van der Waals surface area contributed by atoms with Crippen molar-refractivity contribution in [1.29, 1.82) is 0 Å². The number of hydrogen-bond donors (Lipinski definition) is 0. The molecule has 156 valence electrons. The number of rotatable bonds is 2. The van der Waals surface area contributed by atoms with Crippen LogP contribution >= 0.6 is 0 Å². The summed E-state index contributed by atoms with van der Waals surface area (Å²) < 4.78 is 16.2. The number of fused-ring (bicyclic) bond motifs is 1. The molecule has 2 aliphatic rings. The van der Waals surface area contributed by atoms with Crippen molar-refractivity contribution in [1.82, 2.24) is 4.90 Å². The van der Waals surface area contributed by atoms with Gasteiger partial charge in [-0.15, -0.1) is 0 Å². The van der Waals surface area contributed by atoms with Crippen molar-refractivity contribution < 1.29 is 23.8 Å². The molecule has 7 nitrogen and oxygen atoms in total. The van der Waals surface area contributed by atoms with Crippen LogP contribution in [0.2, 0.25) is 0 Å². The van der Waals surface area contributed by atoms with Gasteiger partial charge in [-0.25, -0.2) is 9.59 Å². The van der Waals surface area contributed by atoms with Gasteiger partial charge in [0.1, 0.15) is 11.4 Å². The molecular formula is C21H32N2O5. The van der Waals surface area contributed by atoms with Crippen molar-refractivity contribution in [3.63, 3.8) is 0 Å². The van der Waals surface area contributed by atoms with Crippen molar-refractivity contribution in [2.75, 3.05) is 25.2 Å². The molecule has 0 aromatic heterocycles. The van der Waals surface area contributed by atoms with Crippen LogP contribution in [0.3, 0.4) is 0 Å². The standard InChI is InChI=1S/C19H26N2O5.C2H6/c1-12-14-11-20(17(22)26-19(2,3)4)10-13(14)9-15(16(12)24-5)21-7-6-8-25-18(21)23;1-2/h9H,6-8,10-11H2,1-5H3;1-2H3. The van der Waals surface area contributed by atoms with Gasteiger partial charge in [0.05, 0.1) is 25.9 Å². The normalized spacial score (nSPS) is 16.0. The molecule has 0 N–H and O–H groups in total. The van der Waals surface area contributed by atoms with Crippen molar-refractivity contribution in [3.05, 3.63) is 22.8 Å². The number of nitrogens with zero attached hydrogens (tertiary/aromatic N) is 2. The minimum Gasteiger partial charge on any atom is -0.494 e. The maximum absolute atomic E-state index is 12.4. The van der Waals surface area contributed by atoms with Gasteiger partial charge >= 0.3 is 12.2 Å². The lowest BCUT2D eigenvalue weighted by molar-refractivity contribution is 0.0241. The van der Waals surface area contributed by atoms with Gasteiger partial charge in [-0.3, -0.25) is 9.80 Å². The van der Waals surface area contributed by atoms with Crippen molar-refractivity contribution in [2.24, 2.45) is 0 Å². The molecule has 3 rings (SSSR count). The fraction of sp³-hybridized carbons (Fsp3) is 0.619. The van der Waals surface area contributed by atoms with E-state index in [2.05, 4.69) is 0 Å². The Labute approximate surface area is 167 Å². The van der Waals surface area contributed by atoms with Gasteiger partial charge in [0.25, 0.3) is 0 Å². The summed E-state index contributed by atoms with van der Waals surface area (Å²) in [7, 11) is 1.59. The lowest BCUT2D eigenvalue weighted by Crippen LogP contribution is -2.38. The monoisotopic (exact) mass is 392 g/mol. The van der Waals surface area contributed by atoms with E-state index in [0.717, 1.165) is 23.1 Å². The molecule has 2 heterocycles. The van der Waals surface area contributed by atoms with Crippen LogP contribution < -0.4 is 9.64 Å². The van der Waals surface area contributed by atoms with E-state index in [0.29, 0.717) is 37.7 Å². The average molecular weight is 392 g/mol. The van der Waals surface area contributed by atoms with Gasteiger partial charge in [0.15, 0.2) is 0 Å². The van der Waals surface area contributed by atoms with Crippen LogP contribution in [-0.2, 0) is 22.6 Å². The molecule has 28 heavy (non-hydrogen) atoms. The number of methoxy groups -OCH3 is 1. The Bertz CT molecular complexity index is 739. The first-order valence-corrected chi connectivity index (χ1v) is 9.83. The van der Waals surface area contributed by atoms with E-state index >= 15 is 0 Å². The highest BCUT2D eigenvalue weighted by molar-refractivity contribution is 5.91. The predicted molar refractivity (Wildman–Crippen MR) is 108 cm³/mol. The van der Waals surface area contributed by atoms with Gasteiger partial charge in [0.2, 0.25) is 0 Å². The zero-order valence-electron chi connectivity index (χ0n) is 18.0. The maximum Gasteiger partial charge on any atom is 0.414 e. The molecule has 2 amide bonds. The second kappa shape index (κ2) is 8.71. The molecule has 0 unspecified atom stereocenters. The van der Waals surface area contributed by atoms with E-state index in [9.17, 15) is 9.59 Å². The van der Waals surface area contributed by atoms with Gasteiger partial charge in [-0.1, -0.05) is 13.8 Å². The summed E-state index contributed by atoms with van der Waals surface area (Å²) in [6, 6.07) is 1.93. The number of carbonyl (C=O) groups is 2. The molecule has 1 saturated heterocycles. The molecule has 0 saturated carbocycles. The molecule has 0 atom stereocenters. The molecule has 1 aromatic carbocycles. The Balaban J connectivity index is 0.00000136. The minimum absolute atomic E-state index is 0.342. The number of cyclic esters (lactones) is 1. The largest absolute Gasteiger partial charge is 0.494 e. The second-order valence-electron chi connectivity index (χ2n) is 7.65. The third kappa shape index (κ3) is 4.51. The van der Waals surface area contributed by atoms with Gasteiger partial charge in [-0.05, 0) is 56.9 Å². The Morgan fingerprint density at radius 3 is 2.46 bits per heavy atom. The lowest BCUT2D eigenvalue weighted by Gasteiger charge is -2.29. The van der Waals surface area contributed by atoms with Crippen LogP contribution in [0.1, 0.15) is 57.7 Å². The zero-order valence-corrected chi connectivity index (χ0v) is 18.0. The van der Waals surface area contributed by atoms with Crippen molar-refractivity contribution in [3.8, 4) is 5.75 Å². The summed E-state index contributed by atoms with van der Waals surface area (Å²) in [5.74, 6) is 0.647. The number of hydrogen-bond acceptors (Lipinski definition) is 5. The molecule has 0 radical (unpaired) electrons. The summed E-state index contributed by atoms with van der Waals surface area (Å²) in [5, 5.41) is 0. The van der Waals surface area contributed by atoms with E-state index in [1.807, 2.05) is 47.6 Å². The van der Waals surface area contributed by atoms with E-state index in [1.54, 1.807) is 16.9 Å². The molecule has 0 aliphatic carbocycles. The van der Waals surface area contributed by atoms with Crippen LogP contribution in [-0.4, -0.2) is 42.9 Å². The van der Waals surface area contributed by atoms with Crippen molar-refractivity contribution in [2.45, 2.75) is 66.7 Å². The predicted octanol–water partition coefficient (Wildman–Crippen LogP) is 4.63. The Morgan fingerprint density at radius 1 is 1.21 bits per heavy atom. The number of benzene rings is 1. The molecule has 0 bridgehead atoms. The molecule has 1 fully saturated rings. The summed E-state index contributed by atoms with van der Waals surface area (Å²) in [4.78, 5) is 27.9. The molecule has 7 heteroatoms. The first kappa shape index (κ1) is 21.9. The summed E-state index contributed by atoms with van der Waals surface area (Å²) >= 11 is 0. The Kier molecular flexibility index (Phi) is 6.80. The molecular weight excluding hydrogens is 360 g/mol. The third-order valence-corrected chi connectivity index (χ3v) is 4.55. The van der Waals surface area contributed by atoms with Crippen LogP contribution in [0, 0.1) is 6.92 Å². The fourth-order valence-electron chi connectivity index (χ4n) is 3.39. The topological polar surface area (TPSA) is 68.3 Å². The molecule has 2 aliphatic heterocycles. The number of ether oxygens (including phenoxy) is 3. The van der Waals surface area contributed by atoms with E-state index < -0.39 is 5.60 Å². The van der Waals surface area contributed by atoms with Crippen LogP contribution in [0.15, 0.2) is 6.07 Å². The number of amides is 2. The number of carbonyl (C=O) groups excluding carboxylic acids is 2. The van der Waals surface area contributed by atoms with Crippen LogP contribution in [0.5, 0.6) is 5.75 Å². The lowest BCUT2D eigenvalue weighted by atomic mass is 10.0. The van der Waals surface area contributed by atoms with Crippen molar-refractivity contribution >= 4 is 17.9 Å². The first-order chi connectivity index (χ1) is 13.2. The minimum atomic E-state index is -0.540. The highest BCUT2D eigenvalue weighted by atomic mass is 16.6. The van der Waals surface area contributed by atoms with Gasteiger partial charge in [0, 0.05) is 13.1 Å². The van der Waals surface area contributed by atoms with E-state index in [-0.39, 0.29) is 12.2 Å². The summed E-state index contributed by atoms with van der Waals surface area (Å²) in [6.45, 7) is 13.4. The SMILES string of the molecule is CC.COc1c(N2CCCOC2=O)cc2c(c1C)CN(C(=O)OC(C)(C)C)C2. The number of anilines is 1. The maximum atomic E-state index is 12.4. The van der Waals surface area contributed by atoms with Gasteiger partial charge < -0.3 is 14.2 Å². The highest BCUT2D eigenvalue weighted by Crippen LogP contribution is 2.40. The fourth-order valence-corrected chi connectivity index (χ4v) is 3.39. The second-order valence-corrected chi connectivity index (χ2v) is 7.65. The van der Waals surface area contributed by atoms with E-state index in [1.165, 1.54) is 0 Å². The third-order valence-electron chi connectivity index (χ3n) is 4.55. The van der Waals surface area contributed by atoms with E-state index in [4.69, 9.17) is 14.2 Å². The highest BCUT2D eigenvalue weighted by Gasteiger charge is 2.33. The molecule has 0 spiro atoms. The Hall–Kier alpha value is -2.44. The smallest absolute Gasteiger partial charge is 0.414 e. The van der Waals surface area contributed by atoms with Crippen LogP contribution in [0.25, 0.3) is 0 Å². The zero-order chi connectivity index (χ0) is 21.1. The quantitative estimate of drug-likeness (QED) is 0.734. The van der Waals surface area contributed by atoms with Crippen LogP contribution in [0.4, 0.5) is 15.3 Å². The summed E-state index contributed by atoms with van der Waals surface area (Å²) in [6.07, 6.45) is 0.0663. The first-order valence-electron chi connectivity index (χ1n) is 9.83. The molecule has 1 aromatic rings. The average Bonchev–Trinajstić information content (AvgIpc) is 3.07. The summed E-state index contributed by atoms with van der Waals surface area (Å²) in [5.41, 5.74) is 3.13. The van der Waals surface area contributed by atoms with Gasteiger partial charge in [-0.2, -0.15) is 0 Å². The Morgan fingerprint density at radius 2 is 1.89 bits per heavy atom.